The molecule has 9 nitrogen and oxygen atoms in total. The van der Waals surface area contributed by atoms with Crippen molar-refractivity contribution in [2.24, 2.45) is 10.2 Å². The maximum Gasteiger partial charge on any atom is 0.121 e. The van der Waals surface area contributed by atoms with Gasteiger partial charge in [-0.1, -0.05) is 24.3 Å². The molecule has 0 aliphatic rings. The molecule has 31 heavy (non-hydrogen) atoms. The van der Waals surface area contributed by atoms with Crippen molar-refractivity contribution in [3.8, 4) is 12.1 Å². The molecule has 0 bridgehead atoms. The number of nitrogens with zero attached hydrogens (tertiary/aromatic N) is 4. The van der Waals surface area contributed by atoms with E-state index in [0.29, 0.717) is 12.3 Å². The highest BCUT2D eigenvalue weighted by molar-refractivity contribution is 6.00. The Hall–Kier alpha value is -4.02. The third kappa shape index (κ3) is 5.13. The van der Waals surface area contributed by atoms with Crippen molar-refractivity contribution >= 4 is 33.5 Å². The Balaban J connectivity index is 1.97. The Morgan fingerprint density at radius 3 is 2.35 bits per heavy atom. The molecular formula is C22H20N6O3. The summed E-state index contributed by atoms with van der Waals surface area (Å²) in [5, 5.41) is 41.2. The molecule has 0 saturated heterocycles. The Kier molecular flexibility index (Phi) is 7.46. The van der Waals surface area contributed by atoms with Crippen LogP contribution in [0.2, 0.25) is 0 Å². The topological polar surface area (TPSA) is 135 Å². The molecule has 0 aliphatic heterocycles. The maximum atomic E-state index is 9.45. The van der Waals surface area contributed by atoms with E-state index in [9.17, 15) is 10.5 Å². The van der Waals surface area contributed by atoms with E-state index in [2.05, 4.69) is 26.0 Å². The summed E-state index contributed by atoms with van der Waals surface area (Å²) in [5.74, 6) is 0. The number of methoxy groups -OCH3 is 1. The summed E-state index contributed by atoms with van der Waals surface area (Å²) in [4.78, 5) is 3.86. The molecule has 3 aromatic carbocycles. The smallest absolute Gasteiger partial charge is 0.121 e. The predicted octanol–water partition coefficient (Wildman–Crippen LogP) is 5.26. The van der Waals surface area contributed by atoms with Crippen molar-refractivity contribution < 1.29 is 15.0 Å². The summed E-state index contributed by atoms with van der Waals surface area (Å²) in [6, 6.07) is 18.3. The van der Waals surface area contributed by atoms with E-state index in [1.807, 2.05) is 48.5 Å². The molecule has 0 spiro atoms. The van der Waals surface area contributed by atoms with Crippen molar-refractivity contribution in [3.05, 3.63) is 59.7 Å². The van der Waals surface area contributed by atoms with Gasteiger partial charge in [-0.15, -0.1) is 15.2 Å². The number of azo groups is 1. The minimum Gasteiger partial charge on any atom is -0.385 e. The van der Waals surface area contributed by atoms with Crippen LogP contribution in [0.4, 0.5) is 22.7 Å². The summed E-state index contributed by atoms with van der Waals surface area (Å²) in [5.41, 5.74) is 4.36. The number of nitriles is 2. The first-order valence-corrected chi connectivity index (χ1v) is 9.42. The zero-order valence-corrected chi connectivity index (χ0v) is 16.8. The van der Waals surface area contributed by atoms with E-state index in [0.717, 1.165) is 29.4 Å². The van der Waals surface area contributed by atoms with Gasteiger partial charge in [-0.05, 0) is 30.7 Å². The summed E-state index contributed by atoms with van der Waals surface area (Å²) in [6.07, 6.45) is 0.881. The number of benzene rings is 3. The molecule has 0 radical (unpaired) electrons. The summed E-state index contributed by atoms with van der Waals surface area (Å²) in [7, 11) is 1.68. The summed E-state index contributed by atoms with van der Waals surface area (Å²) < 4.78 is 5.08. The van der Waals surface area contributed by atoms with Crippen LogP contribution in [0.15, 0.2) is 58.8 Å². The fraction of sp³-hybridized carbons (Fsp3) is 0.182. The molecular weight excluding hydrogens is 396 g/mol. The van der Waals surface area contributed by atoms with Crippen LogP contribution in [-0.4, -0.2) is 25.5 Å². The number of fused-ring (bicyclic) bond motifs is 1. The number of ether oxygens (including phenoxy) is 1. The van der Waals surface area contributed by atoms with Gasteiger partial charge in [-0.25, -0.2) is 10.7 Å². The number of hydrogen-bond donors (Lipinski definition) is 3. The number of hydrogen-bond acceptors (Lipinski definition) is 9. The van der Waals surface area contributed by atoms with Crippen LogP contribution < -0.4 is 10.8 Å². The molecule has 3 rings (SSSR count). The second-order valence-corrected chi connectivity index (χ2v) is 6.49. The average molecular weight is 416 g/mol. The van der Waals surface area contributed by atoms with Gasteiger partial charge in [0.05, 0.1) is 22.5 Å². The Morgan fingerprint density at radius 1 is 1.00 bits per heavy atom. The molecule has 3 aromatic rings. The van der Waals surface area contributed by atoms with Gasteiger partial charge >= 0.3 is 0 Å². The van der Waals surface area contributed by atoms with Gasteiger partial charge in [0, 0.05) is 36.7 Å². The lowest BCUT2D eigenvalue weighted by Gasteiger charge is -2.11. The van der Waals surface area contributed by atoms with Crippen molar-refractivity contribution in [3.63, 3.8) is 0 Å². The monoisotopic (exact) mass is 416 g/mol. The van der Waals surface area contributed by atoms with E-state index in [-0.39, 0.29) is 22.5 Å². The normalized spacial score (nSPS) is 10.7. The van der Waals surface area contributed by atoms with Gasteiger partial charge in [0.15, 0.2) is 0 Å². The van der Waals surface area contributed by atoms with Gasteiger partial charge in [-0.3, -0.25) is 0 Å². The van der Waals surface area contributed by atoms with Gasteiger partial charge in [-0.2, -0.15) is 10.5 Å². The minimum absolute atomic E-state index is 0.114. The van der Waals surface area contributed by atoms with Crippen LogP contribution in [0.25, 0.3) is 10.8 Å². The molecule has 156 valence electrons. The van der Waals surface area contributed by atoms with E-state index in [4.69, 9.17) is 9.99 Å². The highest BCUT2D eigenvalue weighted by Crippen LogP contribution is 2.34. The standard InChI is InChI=1S/C22H20N6O3/c1-30-10-4-9-25-20-7-8-21(19-6-3-2-5-18(19)20)26-27-22-15(13-23)11-17(28-31-29)12-16(22)14-24/h2-3,5-8,11-12,25,28-29H,4,9-10H2,1H3. The minimum atomic E-state index is 0.114. The Morgan fingerprint density at radius 2 is 1.71 bits per heavy atom. The molecule has 0 aliphatic carbocycles. The van der Waals surface area contributed by atoms with Crippen molar-refractivity contribution in [1.82, 2.24) is 0 Å². The van der Waals surface area contributed by atoms with Crippen molar-refractivity contribution in [2.45, 2.75) is 6.42 Å². The second-order valence-electron chi connectivity index (χ2n) is 6.49. The molecule has 0 fully saturated rings. The molecule has 3 N–H and O–H groups in total. The van der Waals surface area contributed by atoms with Gasteiger partial charge in [0.2, 0.25) is 0 Å². The van der Waals surface area contributed by atoms with Gasteiger partial charge in [0.25, 0.3) is 0 Å². The fourth-order valence-electron chi connectivity index (χ4n) is 3.09. The third-order valence-corrected chi connectivity index (χ3v) is 4.51. The summed E-state index contributed by atoms with van der Waals surface area (Å²) in [6.45, 7) is 1.45. The fourth-order valence-corrected chi connectivity index (χ4v) is 3.09. The average Bonchev–Trinajstić information content (AvgIpc) is 2.81. The largest absolute Gasteiger partial charge is 0.385 e. The quantitative estimate of drug-likeness (QED) is 0.187. The van der Waals surface area contributed by atoms with E-state index < -0.39 is 0 Å². The number of rotatable bonds is 9. The molecule has 0 amide bonds. The number of nitrogens with one attached hydrogen (secondary N) is 2. The van der Waals surface area contributed by atoms with E-state index in [1.54, 1.807) is 7.11 Å². The van der Waals surface area contributed by atoms with Crippen LogP contribution >= 0.6 is 0 Å². The zero-order valence-electron chi connectivity index (χ0n) is 16.8. The van der Waals surface area contributed by atoms with Crippen LogP contribution in [0, 0.1) is 22.7 Å². The van der Waals surface area contributed by atoms with Crippen LogP contribution in [0.5, 0.6) is 0 Å². The first kappa shape index (κ1) is 21.7. The number of anilines is 2. The lowest BCUT2D eigenvalue weighted by Crippen LogP contribution is -2.04. The molecule has 0 aromatic heterocycles. The lowest BCUT2D eigenvalue weighted by molar-refractivity contribution is -0.215. The predicted molar refractivity (Wildman–Crippen MR) is 116 cm³/mol. The Labute approximate surface area is 179 Å². The zero-order chi connectivity index (χ0) is 22.1. The van der Waals surface area contributed by atoms with Crippen molar-refractivity contribution in [2.75, 3.05) is 31.1 Å². The highest BCUT2D eigenvalue weighted by atomic mass is 17.2. The molecule has 0 unspecified atom stereocenters. The maximum absolute atomic E-state index is 9.45. The van der Waals surface area contributed by atoms with Crippen LogP contribution in [0.1, 0.15) is 17.5 Å². The van der Waals surface area contributed by atoms with Crippen molar-refractivity contribution in [1.29, 1.82) is 10.5 Å². The molecule has 9 heteroatoms. The van der Waals surface area contributed by atoms with E-state index in [1.165, 1.54) is 12.1 Å². The second kappa shape index (κ2) is 10.7. The summed E-state index contributed by atoms with van der Waals surface area (Å²) >= 11 is 0. The highest BCUT2D eigenvalue weighted by Gasteiger charge is 2.12. The first-order chi connectivity index (χ1) is 15.2. The molecule has 0 heterocycles. The van der Waals surface area contributed by atoms with Crippen LogP contribution in [-0.2, 0) is 9.73 Å². The Bertz CT molecular complexity index is 1150. The SMILES string of the molecule is COCCCNc1ccc(N=Nc2c(C#N)cc(NOO)cc2C#N)c2ccccc12. The molecule has 0 saturated carbocycles. The van der Waals surface area contributed by atoms with Gasteiger partial charge in [0.1, 0.15) is 17.8 Å². The third-order valence-electron chi connectivity index (χ3n) is 4.51. The van der Waals surface area contributed by atoms with Gasteiger partial charge < -0.3 is 10.1 Å². The van der Waals surface area contributed by atoms with Crippen LogP contribution in [0.3, 0.4) is 0 Å². The first-order valence-electron chi connectivity index (χ1n) is 9.42. The lowest BCUT2D eigenvalue weighted by atomic mass is 10.1. The van der Waals surface area contributed by atoms with E-state index >= 15 is 0 Å². The molecule has 0 atom stereocenters.